The van der Waals surface area contributed by atoms with Crippen molar-refractivity contribution in [1.82, 2.24) is 4.90 Å². The van der Waals surface area contributed by atoms with Crippen LogP contribution in [0.2, 0.25) is 0 Å². The van der Waals surface area contributed by atoms with Gasteiger partial charge in [-0.3, -0.25) is 19.3 Å². The van der Waals surface area contributed by atoms with Crippen molar-refractivity contribution in [2.45, 2.75) is 32.2 Å². The molecule has 0 aromatic heterocycles. The number of allylic oxidation sites excluding steroid dienone is 2. The molecule has 2 bridgehead atoms. The zero-order valence-electron chi connectivity index (χ0n) is 17.8. The topological polar surface area (TPSA) is 66.5 Å². The molecule has 6 heteroatoms. The maximum atomic E-state index is 13.6. The minimum atomic E-state index is -0.879. The van der Waals surface area contributed by atoms with E-state index in [1.165, 1.54) is 4.90 Å². The second kappa shape index (κ2) is 8.32. The fraction of sp³-hybridized carbons (Fsp3) is 0.346. The van der Waals surface area contributed by atoms with E-state index in [0.29, 0.717) is 12.1 Å². The summed E-state index contributed by atoms with van der Waals surface area (Å²) in [5, 5.41) is 3.01. The normalized spacial score (nSPS) is 26.5. The molecule has 0 radical (unpaired) electrons. The van der Waals surface area contributed by atoms with E-state index in [4.69, 9.17) is 0 Å². The number of carbonyl (C=O) groups is 3. The van der Waals surface area contributed by atoms with Gasteiger partial charge in [-0.1, -0.05) is 65.3 Å². The molecule has 2 aromatic carbocycles. The van der Waals surface area contributed by atoms with Crippen LogP contribution in [-0.2, 0) is 27.2 Å². The Kier molecular flexibility index (Phi) is 5.49. The number of anilines is 1. The average Bonchev–Trinajstić information content (AvgIpc) is 3.48. The van der Waals surface area contributed by atoms with Crippen LogP contribution in [0, 0.1) is 23.7 Å². The van der Waals surface area contributed by atoms with Crippen molar-refractivity contribution < 1.29 is 14.4 Å². The van der Waals surface area contributed by atoms with Gasteiger partial charge >= 0.3 is 0 Å². The van der Waals surface area contributed by atoms with Crippen molar-refractivity contribution >= 4 is 39.3 Å². The van der Waals surface area contributed by atoms with E-state index < -0.39 is 6.04 Å². The molecule has 164 valence electrons. The quantitative estimate of drug-likeness (QED) is 0.480. The number of halogens is 1. The number of likely N-dealkylation sites (tertiary alicyclic amines) is 1. The lowest BCUT2D eigenvalue weighted by molar-refractivity contribution is -0.147. The van der Waals surface area contributed by atoms with Crippen molar-refractivity contribution in [3.63, 3.8) is 0 Å². The number of imide groups is 1. The minimum Gasteiger partial charge on any atom is -0.324 e. The molecule has 3 amide bonds. The molecule has 1 heterocycles. The third-order valence-electron chi connectivity index (χ3n) is 7.10. The van der Waals surface area contributed by atoms with E-state index in [0.717, 1.165) is 28.4 Å². The third-order valence-corrected chi connectivity index (χ3v) is 7.59. The molecule has 5 nitrogen and oxygen atoms in total. The highest BCUT2D eigenvalue weighted by molar-refractivity contribution is 9.10. The fourth-order valence-corrected chi connectivity index (χ4v) is 5.97. The summed E-state index contributed by atoms with van der Waals surface area (Å²) in [7, 11) is 0. The number of nitrogens with zero attached hydrogens (tertiary/aromatic N) is 1. The Bertz CT molecular complexity index is 1080. The zero-order chi connectivity index (χ0) is 22.4. The van der Waals surface area contributed by atoms with Gasteiger partial charge in [0.25, 0.3) is 0 Å². The van der Waals surface area contributed by atoms with Crippen molar-refractivity contribution in [2.24, 2.45) is 23.7 Å². The summed E-state index contributed by atoms with van der Waals surface area (Å²) in [5.74, 6) is -1.12. The zero-order valence-corrected chi connectivity index (χ0v) is 19.4. The molecule has 2 aromatic rings. The molecule has 0 spiro atoms. The van der Waals surface area contributed by atoms with Gasteiger partial charge in [-0.2, -0.15) is 0 Å². The SMILES string of the molecule is CCc1cc(Br)ccc1NC(=O)[C@H](Cc1ccccc1)N1C(=O)[C@@H]2[C@H](C1=O)[C@H]1C=C[C@H]2C1. The van der Waals surface area contributed by atoms with E-state index in [9.17, 15) is 14.4 Å². The van der Waals surface area contributed by atoms with Crippen LogP contribution in [0.4, 0.5) is 5.69 Å². The summed E-state index contributed by atoms with van der Waals surface area (Å²) in [6.45, 7) is 2.02. The molecule has 3 aliphatic rings. The number of fused-ring (bicyclic) bond motifs is 5. The lowest BCUT2D eigenvalue weighted by Gasteiger charge is -2.27. The van der Waals surface area contributed by atoms with Crippen LogP contribution in [0.5, 0.6) is 0 Å². The highest BCUT2D eigenvalue weighted by Gasteiger charge is 2.61. The van der Waals surface area contributed by atoms with Crippen molar-refractivity contribution in [3.05, 3.63) is 76.3 Å². The van der Waals surface area contributed by atoms with Gasteiger partial charge in [-0.25, -0.2) is 0 Å². The standard InChI is InChI=1S/C26H25BrN2O3/c1-2-16-14-19(27)10-11-20(16)28-24(30)21(12-15-6-4-3-5-7-15)29-25(31)22-17-8-9-18(13-17)23(22)26(29)32/h3-11,14,17-18,21-23H,2,12-13H2,1H3,(H,28,30)/t17-,18-,21-,22-,23+/m0/s1. The summed E-state index contributed by atoms with van der Waals surface area (Å²) < 4.78 is 0.939. The average molecular weight is 493 g/mol. The van der Waals surface area contributed by atoms with Gasteiger partial charge in [-0.05, 0) is 54.0 Å². The van der Waals surface area contributed by atoms with E-state index in [2.05, 4.69) is 33.4 Å². The Hall–Kier alpha value is -2.73. The van der Waals surface area contributed by atoms with Gasteiger partial charge in [0, 0.05) is 16.6 Å². The highest BCUT2D eigenvalue weighted by Crippen LogP contribution is 2.53. The first-order valence-electron chi connectivity index (χ1n) is 11.2. The van der Waals surface area contributed by atoms with Gasteiger partial charge in [-0.15, -0.1) is 0 Å². The number of carbonyl (C=O) groups excluding carboxylic acids is 3. The van der Waals surface area contributed by atoms with Crippen LogP contribution in [0.15, 0.2) is 65.2 Å². The summed E-state index contributed by atoms with van der Waals surface area (Å²) in [5.41, 5.74) is 2.61. The number of aryl methyl sites for hydroxylation is 1. The number of benzene rings is 2. The summed E-state index contributed by atoms with van der Waals surface area (Å²) in [6, 6.07) is 14.4. The maximum absolute atomic E-state index is 13.6. The maximum Gasteiger partial charge on any atom is 0.248 e. The number of rotatable bonds is 6. The molecule has 1 N–H and O–H groups in total. The number of nitrogens with one attached hydrogen (secondary N) is 1. The molecule has 0 unspecified atom stereocenters. The minimum absolute atomic E-state index is 0.116. The van der Waals surface area contributed by atoms with Crippen LogP contribution in [0.25, 0.3) is 0 Å². The Morgan fingerprint density at radius 1 is 1.06 bits per heavy atom. The van der Waals surface area contributed by atoms with Crippen molar-refractivity contribution in [2.75, 3.05) is 5.32 Å². The van der Waals surface area contributed by atoms with Gasteiger partial charge < -0.3 is 5.32 Å². The highest BCUT2D eigenvalue weighted by atomic mass is 79.9. The van der Waals surface area contributed by atoms with Crippen LogP contribution in [0.1, 0.15) is 24.5 Å². The molecule has 2 aliphatic carbocycles. The third kappa shape index (κ3) is 3.51. The van der Waals surface area contributed by atoms with Crippen LogP contribution in [0.3, 0.4) is 0 Å². The van der Waals surface area contributed by atoms with Gasteiger partial charge in [0.15, 0.2) is 0 Å². The van der Waals surface area contributed by atoms with E-state index in [1.54, 1.807) is 0 Å². The molecular formula is C26H25BrN2O3. The molecule has 1 saturated carbocycles. The Morgan fingerprint density at radius 3 is 2.34 bits per heavy atom. The van der Waals surface area contributed by atoms with Gasteiger partial charge in [0.2, 0.25) is 17.7 Å². The lowest BCUT2D eigenvalue weighted by Crippen LogP contribution is -2.49. The first-order chi connectivity index (χ1) is 15.5. The summed E-state index contributed by atoms with van der Waals surface area (Å²) in [6.07, 6.45) is 6.06. The first-order valence-corrected chi connectivity index (χ1v) is 12.0. The molecule has 32 heavy (non-hydrogen) atoms. The Balaban J connectivity index is 1.47. The molecule has 5 rings (SSSR count). The Morgan fingerprint density at radius 2 is 1.72 bits per heavy atom. The second-order valence-electron chi connectivity index (χ2n) is 8.90. The Labute approximate surface area is 196 Å². The van der Waals surface area contributed by atoms with Crippen LogP contribution < -0.4 is 5.32 Å². The van der Waals surface area contributed by atoms with Crippen LogP contribution >= 0.6 is 15.9 Å². The van der Waals surface area contributed by atoms with Crippen LogP contribution in [-0.4, -0.2) is 28.7 Å². The van der Waals surface area contributed by atoms with Crippen molar-refractivity contribution in [1.29, 1.82) is 0 Å². The smallest absolute Gasteiger partial charge is 0.248 e. The van der Waals surface area contributed by atoms with Crippen molar-refractivity contribution in [3.8, 4) is 0 Å². The summed E-state index contributed by atoms with van der Waals surface area (Å²) in [4.78, 5) is 41.7. The number of hydrogen-bond donors (Lipinski definition) is 1. The van der Waals surface area contributed by atoms with E-state index in [1.807, 2.05) is 55.5 Å². The molecular weight excluding hydrogens is 468 g/mol. The second-order valence-corrected chi connectivity index (χ2v) is 9.81. The molecule has 1 saturated heterocycles. The lowest BCUT2D eigenvalue weighted by atomic mass is 9.85. The predicted molar refractivity (Wildman–Crippen MR) is 126 cm³/mol. The predicted octanol–water partition coefficient (Wildman–Crippen LogP) is 4.37. The van der Waals surface area contributed by atoms with Gasteiger partial charge in [0.05, 0.1) is 11.8 Å². The first kappa shape index (κ1) is 21.1. The largest absolute Gasteiger partial charge is 0.324 e. The van der Waals surface area contributed by atoms with E-state index in [-0.39, 0.29) is 41.4 Å². The van der Waals surface area contributed by atoms with E-state index >= 15 is 0 Å². The monoisotopic (exact) mass is 492 g/mol. The molecule has 5 atom stereocenters. The fourth-order valence-electron chi connectivity index (χ4n) is 5.56. The number of hydrogen-bond acceptors (Lipinski definition) is 3. The summed E-state index contributed by atoms with van der Waals surface area (Å²) >= 11 is 3.47. The number of amides is 3. The van der Waals surface area contributed by atoms with Gasteiger partial charge in [0.1, 0.15) is 6.04 Å². The molecule has 2 fully saturated rings. The molecule has 1 aliphatic heterocycles.